The van der Waals surface area contributed by atoms with Crippen LogP contribution in [0.15, 0.2) is 18.2 Å². The number of methoxy groups -OCH3 is 1. The summed E-state index contributed by atoms with van der Waals surface area (Å²) >= 11 is 0. The summed E-state index contributed by atoms with van der Waals surface area (Å²) in [7, 11) is 1.43. The molecule has 0 radical (unpaired) electrons. The first-order chi connectivity index (χ1) is 10.9. The van der Waals surface area contributed by atoms with Crippen molar-refractivity contribution in [2.45, 2.75) is 26.1 Å². The Labute approximate surface area is 134 Å². The number of rotatable bonds is 5. The number of hydrogen-bond acceptors (Lipinski definition) is 6. The summed E-state index contributed by atoms with van der Waals surface area (Å²) in [4.78, 5) is 24.7. The lowest BCUT2D eigenvalue weighted by Crippen LogP contribution is -2.48. The molecule has 1 amide bonds. The molecule has 1 aliphatic rings. The molecule has 2 rings (SSSR count). The molecule has 1 aromatic carbocycles. The second-order valence-corrected chi connectivity index (χ2v) is 5.64. The summed E-state index contributed by atoms with van der Waals surface area (Å²) in [5.41, 5.74) is -0.0310. The van der Waals surface area contributed by atoms with Gasteiger partial charge in [0, 0.05) is 13.1 Å². The number of nitrogens with one attached hydrogen (secondary N) is 1. The molecule has 8 heteroatoms. The third kappa shape index (κ3) is 4.64. The van der Waals surface area contributed by atoms with Crippen molar-refractivity contribution in [2.24, 2.45) is 0 Å². The van der Waals surface area contributed by atoms with Crippen LogP contribution in [0.4, 0.5) is 11.4 Å². The van der Waals surface area contributed by atoms with Gasteiger partial charge in [0.1, 0.15) is 11.4 Å². The zero-order valence-electron chi connectivity index (χ0n) is 13.4. The fourth-order valence-electron chi connectivity index (χ4n) is 2.70. The minimum absolute atomic E-state index is 0.0573. The number of ether oxygens (including phenoxy) is 2. The second-order valence-electron chi connectivity index (χ2n) is 5.64. The van der Waals surface area contributed by atoms with E-state index in [0.29, 0.717) is 18.8 Å². The average Bonchev–Trinajstić information content (AvgIpc) is 2.46. The number of anilines is 1. The van der Waals surface area contributed by atoms with E-state index in [1.807, 2.05) is 18.7 Å². The van der Waals surface area contributed by atoms with Gasteiger partial charge in [0.15, 0.2) is 0 Å². The van der Waals surface area contributed by atoms with Crippen molar-refractivity contribution in [2.75, 3.05) is 32.1 Å². The van der Waals surface area contributed by atoms with Crippen LogP contribution in [0.3, 0.4) is 0 Å². The topological polar surface area (TPSA) is 93.9 Å². The Kier molecular flexibility index (Phi) is 5.51. The van der Waals surface area contributed by atoms with E-state index in [1.54, 1.807) is 6.07 Å². The number of carbonyl (C=O) groups is 1. The van der Waals surface area contributed by atoms with Crippen LogP contribution in [-0.2, 0) is 9.53 Å². The number of carbonyl (C=O) groups excluding carboxylic acids is 1. The second kappa shape index (κ2) is 7.38. The molecule has 0 bridgehead atoms. The number of amides is 1. The number of benzene rings is 1. The van der Waals surface area contributed by atoms with Crippen LogP contribution in [0.2, 0.25) is 0 Å². The van der Waals surface area contributed by atoms with Gasteiger partial charge in [-0.05, 0) is 26.0 Å². The van der Waals surface area contributed by atoms with Crippen LogP contribution >= 0.6 is 0 Å². The van der Waals surface area contributed by atoms with Crippen LogP contribution in [0, 0.1) is 10.1 Å². The molecule has 0 aromatic heterocycles. The highest BCUT2D eigenvalue weighted by atomic mass is 16.6. The van der Waals surface area contributed by atoms with E-state index in [4.69, 9.17) is 9.47 Å². The van der Waals surface area contributed by atoms with Crippen LogP contribution in [0.25, 0.3) is 0 Å². The highest BCUT2D eigenvalue weighted by Crippen LogP contribution is 2.28. The fourth-order valence-corrected chi connectivity index (χ4v) is 2.70. The zero-order valence-corrected chi connectivity index (χ0v) is 13.4. The highest BCUT2D eigenvalue weighted by Gasteiger charge is 2.24. The lowest BCUT2D eigenvalue weighted by atomic mass is 10.2. The molecule has 1 aliphatic heterocycles. The van der Waals surface area contributed by atoms with E-state index < -0.39 is 4.92 Å². The first kappa shape index (κ1) is 17.2. The van der Waals surface area contributed by atoms with Gasteiger partial charge in [-0.3, -0.25) is 19.8 Å². The summed E-state index contributed by atoms with van der Waals surface area (Å²) in [5.74, 6) is 0.0742. The summed E-state index contributed by atoms with van der Waals surface area (Å²) in [6.07, 6.45) is 0.115. The lowest BCUT2D eigenvalue weighted by Gasteiger charge is -2.34. The number of nitro benzene ring substituents is 1. The van der Waals surface area contributed by atoms with Gasteiger partial charge >= 0.3 is 0 Å². The summed E-state index contributed by atoms with van der Waals surface area (Å²) in [5, 5.41) is 13.7. The first-order valence-corrected chi connectivity index (χ1v) is 7.39. The summed E-state index contributed by atoms with van der Waals surface area (Å²) < 4.78 is 10.6. The Hall–Kier alpha value is -2.19. The molecule has 1 fully saturated rings. The molecule has 0 spiro atoms. The van der Waals surface area contributed by atoms with Crippen molar-refractivity contribution in [3.8, 4) is 5.75 Å². The molecule has 2 unspecified atom stereocenters. The third-order valence-corrected chi connectivity index (χ3v) is 3.54. The molecular formula is C15H21N3O5. The molecule has 126 valence electrons. The Balaban J connectivity index is 2.04. The van der Waals surface area contributed by atoms with Crippen molar-refractivity contribution in [1.82, 2.24) is 4.90 Å². The average molecular weight is 323 g/mol. The van der Waals surface area contributed by atoms with Crippen LogP contribution < -0.4 is 10.1 Å². The highest BCUT2D eigenvalue weighted by molar-refractivity contribution is 5.94. The molecule has 0 saturated carbocycles. The number of nitro groups is 1. The van der Waals surface area contributed by atoms with Crippen molar-refractivity contribution in [3.05, 3.63) is 28.3 Å². The van der Waals surface area contributed by atoms with E-state index in [-0.39, 0.29) is 36.0 Å². The predicted octanol–water partition coefficient (Wildman–Crippen LogP) is 1.65. The summed E-state index contributed by atoms with van der Waals surface area (Å²) in [6, 6.07) is 4.33. The van der Waals surface area contributed by atoms with Crippen molar-refractivity contribution >= 4 is 17.3 Å². The van der Waals surface area contributed by atoms with E-state index >= 15 is 0 Å². The molecule has 2 atom stereocenters. The Bertz CT molecular complexity index is 582. The van der Waals surface area contributed by atoms with Crippen LogP contribution in [0.5, 0.6) is 5.75 Å². The normalized spacial score (nSPS) is 21.7. The number of nitrogens with zero attached hydrogens (tertiary/aromatic N) is 2. The monoisotopic (exact) mass is 323 g/mol. The Morgan fingerprint density at radius 2 is 2.09 bits per heavy atom. The summed E-state index contributed by atoms with van der Waals surface area (Å²) in [6.45, 7) is 5.38. The first-order valence-electron chi connectivity index (χ1n) is 7.39. The van der Waals surface area contributed by atoms with Gasteiger partial charge < -0.3 is 14.8 Å². The van der Waals surface area contributed by atoms with Gasteiger partial charge in [-0.15, -0.1) is 0 Å². The van der Waals surface area contributed by atoms with E-state index in [2.05, 4.69) is 5.32 Å². The molecular weight excluding hydrogens is 302 g/mol. The third-order valence-electron chi connectivity index (χ3n) is 3.54. The van der Waals surface area contributed by atoms with Gasteiger partial charge in [0.2, 0.25) is 5.91 Å². The molecule has 1 saturated heterocycles. The van der Waals surface area contributed by atoms with Gasteiger partial charge in [0.25, 0.3) is 5.69 Å². The molecule has 0 aliphatic carbocycles. The lowest BCUT2D eigenvalue weighted by molar-refractivity contribution is -0.384. The van der Waals surface area contributed by atoms with Gasteiger partial charge in [-0.2, -0.15) is 0 Å². The molecule has 8 nitrogen and oxygen atoms in total. The molecule has 1 N–H and O–H groups in total. The Morgan fingerprint density at radius 1 is 1.43 bits per heavy atom. The zero-order chi connectivity index (χ0) is 17.0. The van der Waals surface area contributed by atoms with Gasteiger partial charge in [-0.1, -0.05) is 0 Å². The van der Waals surface area contributed by atoms with Crippen molar-refractivity contribution in [1.29, 1.82) is 0 Å². The van der Waals surface area contributed by atoms with Crippen LogP contribution in [-0.4, -0.2) is 54.7 Å². The van der Waals surface area contributed by atoms with Crippen molar-refractivity contribution < 1.29 is 19.2 Å². The minimum atomic E-state index is -0.545. The minimum Gasteiger partial charge on any atom is -0.496 e. The fraction of sp³-hybridized carbons (Fsp3) is 0.533. The maximum absolute atomic E-state index is 12.2. The van der Waals surface area contributed by atoms with E-state index in [1.165, 1.54) is 19.2 Å². The molecule has 1 aromatic rings. The maximum Gasteiger partial charge on any atom is 0.296 e. The maximum atomic E-state index is 12.2. The van der Waals surface area contributed by atoms with E-state index in [0.717, 1.165) is 0 Å². The van der Waals surface area contributed by atoms with E-state index in [9.17, 15) is 14.9 Å². The van der Waals surface area contributed by atoms with Crippen LogP contribution in [0.1, 0.15) is 13.8 Å². The Morgan fingerprint density at radius 3 is 2.65 bits per heavy atom. The standard InChI is InChI=1S/C15H21N3O5/c1-10-7-17(8-11(2)23-10)9-15(19)16-13-5-4-12(22-3)6-14(13)18(20)21/h4-6,10-11H,7-9H2,1-3H3,(H,16,19). The van der Waals surface area contributed by atoms with Gasteiger partial charge in [-0.25, -0.2) is 0 Å². The predicted molar refractivity (Wildman–Crippen MR) is 84.7 cm³/mol. The smallest absolute Gasteiger partial charge is 0.296 e. The molecule has 23 heavy (non-hydrogen) atoms. The number of hydrogen-bond donors (Lipinski definition) is 1. The quantitative estimate of drug-likeness (QED) is 0.654. The SMILES string of the molecule is COc1ccc(NC(=O)CN2CC(C)OC(C)C2)c([N+](=O)[O-])c1. The van der Waals surface area contributed by atoms with Crippen molar-refractivity contribution in [3.63, 3.8) is 0 Å². The van der Waals surface area contributed by atoms with Gasteiger partial charge in [0.05, 0.1) is 36.9 Å². The number of morpholine rings is 1. The molecule has 1 heterocycles. The largest absolute Gasteiger partial charge is 0.496 e.